The number of anilines is 2. The number of benzene rings is 1. The number of carbonyl (C=O) groups is 1. The molecule has 2 aromatic rings. The predicted octanol–water partition coefficient (Wildman–Crippen LogP) is 2.45. The molecule has 0 saturated carbocycles. The number of nitrogens with zero attached hydrogens (tertiary/aromatic N) is 2. The number of rotatable bonds is 7. The van der Waals surface area contributed by atoms with E-state index in [2.05, 4.69) is 20.8 Å². The fourth-order valence-electron chi connectivity index (χ4n) is 1.91. The molecule has 2 N–H and O–H groups in total. The second-order valence-electron chi connectivity index (χ2n) is 4.75. The van der Waals surface area contributed by atoms with Crippen LogP contribution < -0.4 is 20.1 Å². The standard InChI is InChI=1S/C16H20N4O3/c1-4-16(21)18-15-8-7-14(19-20-15)17-10-11-5-6-12(22-2)13(9-11)23-3/h5-9H,4,10H2,1-3H3,(H,17,19)(H,18,20,21). The molecular weight excluding hydrogens is 296 g/mol. The maximum Gasteiger partial charge on any atom is 0.225 e. The second kappa shape index (κ2) is 7.98. The molecule has 2 rings (SSSR count). The van der Waals surface area contributed by atoms with Crippen LogP contribution in [0.5, 0.6) is 11.5 Å². The molecule has 0 aliphatic carbocycles. The minimum absolute atomic E-state index is 0.0923. The van der Waals surface area contributed by atoms with Crippen molar-refractivity contribution in [1.82, 2.24) is 10.2 Å². The third-order valence-electron chi connectivity index (χ3n) is 3.17. The monoisotopic (exact) mass is 316 g/mol. The minimum Gasteiger partial charge on any atom is -0.493 e. The highest BCUT2D eigenvalue weighted by Crippen LogP contribution is 2.27. The van der Waals surface area contributed by atoms with E-state index in [0.29, 0.717) is 36.1 Å². The molecule has 122 valence electrons. The van der Waals surface area contributed by atoms with Gasteiger partial charge >= 0.3 is 0 Å². The lowest BCUT2D eigenvalue weighted by Gasteiger charge is -2.10. The highest BCUT2D eigenvalue weighted by Gasteiger charge is 2.05. The molecule has 7 heteroatoms. The summed E-state index contributed by atoms with van der Waals surface area (Å²) in [6, 6.07) is 9.16. The van der Waals surface area contributed by atoms with Crippen molar-refractivity contribution in [3.05, 3.63) is 35.9 Å². The summed E-state index contributed by atoms with van der Waals surface area (Å²) in [5.74, 6) is 2.33. The van der Waals surface area contributed by atoms with Crippen LogP contribution in [0.2, 0.25) is 0 Å². The zero-order valence-electron chi connectivity index (χ0n) is 13.4. The van der Waals surface area contributed by atoms with Gasteiger partial charge in [-0.05, 0) is 29.8 Å². The van der Waals surface area contributed by atoms with Crippen LogP contribution in [0.15, 0.2) is 30.3 Å². The first-order valence-electron chi connectivity index (χ1n) is 7.24. The van der Waals surface area contributed by atoms with E-state index in [0.717, 1.165) is 5.56 Å². The van der Waals surface area contributed by atoms with Gasteiger partial charge in [0.05, 0.1) is 14.2 Å². The lowest BCUT2D eigenvalue weighted by molar-refractivity contribution is -0.115. The van der Waals surface area contributed by atoms with Gasteiger partial charge in [0.1, 0.15) is 5.82 Å². The Balaban J connectivity index is 1.96. The van der Waals surface area contributed by atoms with Crippen LogP contribution in [0.1, 0.15) is 18.9 Å². The molecule has 0 radical (unpaired) electrons. The van der Waals surface area contributed by atoms with Crippen molar-refractivity contribution >= 4 is 17.5 Å². The van der Waals surface area contributed by atoms with Gasteiger partial charge in [-0.15, -0.1) is 10.2 Å². The Labute approximate surface area is 135 Å². The van der Waals surface area contributed by atoms with Crippen molar-refractivity contribution in [3.63, 3.8) is 0 Å². The van der Waals surface area contributed by atoms with Crippen LogP contribution in [0.3, 0.4) is 0 Å². The summed E-state index contributed by atoms with van der Waals surface area (Å²) in [6.07, 6.45) is 0.404. The van der Waals surface area contributed by atoms with E-state index in [1.807, 2.05) is 18.2 Å². The average Bonchev–Trinajstić information content (AvgIpc) is 2.60. The molecule has 1 aromatic carbocycles. The van der Waals surface area contributed by atoms with E-state index in [9.17, 15) is 4.79 Å². The lowest BCUT2D eigenvalue weighted by atomic mass is 10.2. The normalized spacial score (nSPS) is 10.0. The molecule has 0 bridgehead atoms. The fourth-order valence-corrected chi connectivity index (χ4v) is 1.91. The lowest BCUT2D eigenvalue weighted by Crippen LogP contribution is -2.11. The Kier molecular flexibility index (Phi) is 5.74. The molecule has 23 heavy (non-hydrogen) atoms. The van der Waals surface area contributed by atoms with Crippen molar-refractivity contribution in [3.8, 4) is 11.5 Å². The van der Waals surface area contributed by atoms with Crippen LogP contribution >= 0.6 is 0 Å². The topological polar surface area (TPSA) is 85.4 Å². The van der Waals surface area contributed by atoms with E-state index in [-0.39, 0.29) is 5.91 Å². The Morgan fingerprint density at radius 1 is 1.04 bits per heavy atom. The van der Waals surface area contributed by atoms with Crippen molar-refractivity contribution in [2.24, 2.45) is 0 Å². The summed E-state index contributed by atoms with van der Waals surface area (Å²) in [4.78, 5) is 11.3. The van der Waals surface area contributed by atoms with E-state index in [4.69, 9.17) is 9.47 Å². The smallest absolute Gasteiger partial charge is 0.225 e. The van der Waals surface area contributed by atoms with Gasteiger partial charge in [-0.25, -0.2) is 0 Å². The first-order valence-corrected chi connectivity index (χ1v) is 7.24. The van der Waals surface area contributed by atoms with Gasteiger partial charge in [0, 0.05) is 13.0 Å². The maximum atomic E-state index is 11.3. The zero-order chi connectivity index (χ0) is 16.7. The van der Waals surface area contributed by atoms with Crippen LogP contribution in [-0.4, -0.2) is 30.3 Å². The largest absolute Gasteiger partial charge is 0.493 e. The van der Waals surface area contributed by atoms with E-state index in [1.165, 1.54) is 0 Å². The van der Waals surface area contributed by atoms with Gasteiger partial charge in [0.15, 0.2) is 17.3 Å². The van der Waals surface area contributed by atoms with Gasteiger partial charge in [-0.2, -0.15) is 0 Å². The van der Waals surface area contributed by atoms with Gasteiger partial charge in [0.25, 0.3) is 0 Å². The summed E-state index contributed by atoms with van der Waals surface area (Å²) < 4.78 is 10.5. The molecule has 0 fully saturated rings. The second-order valence-corrected chi connectivity index (χ2v) is 4.75. The molecule has 0 atom stereocenters. The molecule has 1 heterocycles. The van der Waals surface area contributed by atoms with Crippen LogP contribution in [0.4, 0.5) is 11.6 Å². The molecule has 0 saturated heterocycles. The Morgan fingerprint density at radius 3 is 2.35 bits per heavy atom. The number of hydrogen-bond donors (Lipinski definition) is 2. The maximum absolute atomic E-state index is 11.3. The van der Waals surface area contributed by atoms with Gasteiger partial charge in [-0.3, -0.25) is 4.79 Å². The number of hydrogen-bond acceptors (Lipinski definition) is 6. The van der Waals surface area contributed by atoms with Crippen molar-refractivity contribution < 1.29 is 14.3 Å². The fraction of sp³-hybridized carbons (Fsp3) is 0.312. The first-order chi connectivity index (χ1) is 11.2. The molecule has 0 spiro atoms. The third kappa shape index (κ3) is 4.57. The molecule has 0 unspecified atom stereocenters. The highest BCUT2D eigenvalue weighted by molar-refractivity contribution is 5.89. The number of nitrogens with one attached hydrogen (secondary N) is 2. The number of methoxy groups -OCH3 is 2. The molecule has 1 amide bonds. The van der Waals surface area contributed by atoms with Crippen molar-refractivity contribution in [2.75, 3.05) is 24.9 Å². The Hall–Kier alpha value is -2.83. The Bertz CT molecular complexity index is 659. The highest BCUT2D eigenvalue weighted by atomic mass is 16.5. The molecule has 7 nitrogen and oxygen atoms in total. The summed E-state index contributed by atoms with van der Waals surface area (Å²) >= 11 is 0. The number of carbonyl (C=O) groups excluding carboxylic acids is 1. The van der Waals surface area contributed by atoms with Crippen LogP contribution in [0.25, 0.3) is 0 Å². The summed E-state index contributed by atoms with van der Waals surface area (Å²) in [5, 5.41) is 13.8. The quantitative estimate of drug-likeness (QED) is 0.816. The Morgan fingerprint density at radius 2 is 1.74 bits per heavy atom. The summed E-state index contributed by atoms with van der Waals surface area (Å²) in [6.45, 7) is 2.34. The van der Waals surface area contributed by atoms with Gasteiger partial charge in [0.2, 0.25) is 5.91 Å². The van der Waals surface area contributed by atoms with Gasteiger partial charge < -0.3 is 20.1 Å². The van der Waals surface area contributed by atoms with Crippen LogP contribution in [-0.2, 0) is 11.3 Å². The summed E-state index contributed by atoms with van der Waals surface area (Å²) in [5.41, 5.74) is 1.02. The van der Waals surface area contributed by atoms with E-state index >= 15 is 0 Å². The first kappa shape index (κ1) is 16.5. The molecule has 0 aliphatic heterocycles. The van der Waals surface area contributed by atoms with Gasteiger partial charge in [-0.1, -0.05) is 13.0 Å². The number of amides is 1. The van der Waals surface area contributed by atoms with E-state index in [1.54, 1.807) is 33.3 Å². The van der Waals surface area contributed by atoms with Crippen molar-refractivity contribution in [1.29, 1.82) is 0 Å². The van der Waals surface area contributed by atoms with Crippen LogP contribution in [0, 0.1) is 0 Å². The van der Waals surface area contributed by atoms with E-state index < -0.39 is 0 Å². The third-order valence-corrected chi connectivity index (χ3v) is 3.17. The molecule has 0 aliphatic rings. The molecule has 1 aromatic heterocycles. The zero-order valence-corrected chi connectivity index (χ0v) is 13.4. The number of aromatic nitrogens is 2. The average molecular weight is 316 g/mol. The molecular formula is C16H20N4O3. The number of ether oxygens (including phenoxy) is 2. The predicted molar refractivity (Wildman–Crippen MR) is 87.8 cm³/mol. The SMILES string of the molecule is CCC(=O)Nc1ccc(NCc2ccc(OC)c(OC)c2)nn1. The minimum atomic E-state index is -0.0923. The van der Waals surface area contributed by atoms with Crippen molar-refractivity contribution in [2.45, 2.75) is 19.9 Å². The summed E-state index contributed by atoms with van der Waals surface area (Å²) in [7, 11) is 3.20.